The molecule has 0 atom stereocenters. The topological polar surface area (TPSA) is 37.3 Å². The number of aliphatic carboxylic acids is 1. The van der Waals surface area contributed by atoms with E-state index in [2.05, 4.69) is 38.5 Å². The molecule has 0 aliphatic heterocycles. The highest BCUT2D eigenvalue weighted by atomic mass is 127. The Balaban J connectivity index is 3.19. The van der Waals surface area contributed by atoms with E-state index >= 15 is 0 Å². The fraction of sp³-hybridized carbons (Fsp3) is 0.100. The molecular weight excluding hydrogens is 359 g/mol. The Morgan fingerprint density at radius 2 is 2.21 bits per heavy atom. The van der Waals surface area contributed by atoms with Gasteiger partial charge in [-0.2, -0.15) is 0 Å². The molecule has 0 radical (unpaired) electrons. The third-order valence-corrected chi connectivity index (χ3v) is 3.71. The highest BCUT2D eigenvalue weighted by molar-refractivity contribution is 14.1. The Labute approximate surface area is 104 Å². The molecule has 0 spiro atoms. The first-order valence-corrected chi connectivity index (χ1v) is 5.75. The molecule has 4 heteroatoms. The number of hydrogen-bond acceptors (Lipinski definition) is 1. The van der Waals surface area contributed by atoms with Crippen molar-refractivity contribution in [1.82, 2.24) is 0 Å². The van der Waals surface area contributed by atoms with E-state index in [0.29, 0.717) is 0 Å². The average molecular weight is 367 g/mol. The van der Waals surface area contributed by atoms with E-state index < -0.39 is 5.97 Å². The molecule has 0 unspecified atom stereocenters. The normalized spacial score (nSPS) is 10.8. The van der Waals surface area contributed by atoms with Gasteiger partial charge in [0.05, 0.1) is 0 Å². The lowest BCUT2D eigenvalue weighted by atomic mass is 10.1. The number of carboxylic acids is 1. The van der Waals surface area contributed by atoms with Crippen molar-refractivity contribution >= 4 is 50.6 Å². The summed E-state index contributed by atoms with van der Waals surface area (Å²) in [7, 11) is 0. The van der Waals surface area contributed by atoms with Crippen molar-refractivity contribution < 1.29 is 9.90 Å². The minimum absolute atomic E-state index is 0.910. The van der Waals surface area contributed by atoms with Crippen molar-refractivity contribution in [2.75, 3.05) is 0 Å². The maximum absolute atomic E-state index is 10.4. The van der Waals surface area contributed by atoms with Crippen LogP contribution in [0.3, 0.4) is 0 Å². The first kappa shape index (κ1) is 11.7. The first-order valence-electron chi connectivity index (χ1n) is 3.88. The van der Waals surface area contributed by atoms with Gasteiger partial charge in [-0.05, 0) is 63.2 Å². The molecule has 0 aliphatic rings. The fourth-order valence-corrected chi connectivity index (χ4v) is 2.46. The zero-order valence-electron chi connectivity index (χ0n) is 7.42. The highest BCUT2D eigenvalue weighted by Gasteiger charge is 2.04. The molecule has 0 saturated carbocycles. The molecule has 74 valence electrons. The minimum atomic E-state index is -0.936. The third kappa shape index (κ3) is 2.81. The number of benzene rings is 1. The van der Waals surface area contributed by atoms with Crippen LogP contribution in [0, 0.1) is 10.5 Å². The van der Waals surface area contributed by atoms with Crippen LogP contribution in [0.4, 0.5) is 0 Å². The first-order chi connectivity index (χ1) is 6.52. The molecule has 0 bridgehead atoms. The van der Waals surface area contributed by atoms with Crippen molar-refractivity contribution in [3.8, 4) is 0 Å². The molecule has 14 heavy (non-hydrogen) atoms. The number of halogens is 2. The summed E-state index contributed by atoms with van der Waals surface area (Å²) in [5.74, 6) is -0.936. The average Bonchev–Trinajstić information content (AvgIpc) is 2.11. The number of aryl methyl sites for hydroxylation is 1. The quantitative estimate of drug-likeness (QED) is 0.642. The van der Waals surface area contributed by atoms with E-state index in [-0.39, 0.29) is 0 Å². The SMILES string of the molecule is Cc1ccc(I)c(/C=C/C(=O)O)c1Br. The van der Waals surface area contributed by atoms with Crippen LogP contribution in [0.2, 0.25) is 0 Å². The van der Waals surface area contributed by atoms with Crippen molar-refractivity contribution in [1.29, 1.82) is 0 Å². The molecule has 1 aromatic carbocycles. The van der Waals surface area contributed by atoms with Crippen LogP contribution in [0.5, 0.6) is 0 Å². The van der Waals surface area contributed by atoms with Gasteiger partial charge in [-0.15, -0.1) is 0 Å². The van der Waals surface area contributed by atoms with Gasteiger partial charge in [0.1, 0.15) is 0 Å². The molecule has 0 fully saturated rings. The molecule has 1 rings (SSSR count). The molecular formula is C10H8BrIO2. The van der Waals surface area contributed by atoms with Gasteiger partial charge in [0.15, 0.2) is 0 Å². The van der Waals surface area contributed by atoms with Crippen molar-refractivity contribution in [2.24, 2.45) is 0 Å². The largest absolute Gasteiger partial charge is 0.478 e. The van der Waals surface area contributed by atoms with Gasteiger partial charge in [0.25, 0.3) is 0 Å². The molecule has 0 heterocycles. The maximum atomic E-state index is 10.4. The summed E-state index contributed by atoms with van der Waals surface area (Å²) >= 11 is 5.61. The molecule has 0 aliphatic carbocycles. The zero-order valence-corrected chi connectivity index (χ0v) is 11.2. The number of carboxylic acid groups (broad SMARTS) is 1. The van der Waals surface area contributed by atoms with E-state index in [1.807, 2.05) is 19.1 Å². The monoisotopic (exact) mass is 366 g/mol. The van der Waals surface area contributed by atoms with Crippen LogP contribution in [0.1, 0.15) is 11.1 Å². The smallest absolute Gasteiger partial charge is 0.328 e. The van der Waals surface area contributed by atoms with Crippen LogP contribution in [-0.2, 0) is 4.79 Å². The van der Waals surface area contributed by atoms with Gasteiger partial charge in [0.2, 0.25) is 0 Å². The van der Waals surface area contributed by atoms with Gasteiger partial charge in [-0.1, -0.05) is 6.07 Å². The lowest BCUT2D eigenvalue weighted by Gasteiger charge is -2.04. The van der Waals surface area contributed by atoms with E-state index in [0.717, 1.165) is 25.2 Å². The summed E-state index contributed by atoms with van der Waals surface area (Å²) in [6, 6.07) is 3.95. The molecule has 0 aromatic heterocycles. The summed E-state index contributed by atoms with van der Waals surface area (Å²) in [6.45, 7) is 1.97. The third-order valence-electron chi connectivity index (χ3n) is 1.71. The standard InChI is InChI=1S/C10H8BrIO2/c1-6-2-4-8(12)7(10(6)11)3-5-9(13)14/h2-5H,1H3,(H,13,14)/b5-3+. The lowest BCUT2D eigenvalue weighted by Crippen LogP contribution is -1.89. The van der Waals surface area contributed by atoms with Crippen LogP contribution >= 0.6 is 38.5 Å². The Morgan fingerprint density at radius 1 is 1.57 bits per heavy atom. The van der Waals surface area contributed by atoms with Gasteiger partial charge < -0.3 is 5.11 Å². The Kier molecular flexibility index (Phi) is 4.12. The zero-order chi connectivity index (χ0) is 10.7. The second-order valence-electron chi connectivity index (χ2n) is 2.76. The maximum Gasteiger partial charge on any atom is 0.328 e. The Hall–Kier alpha value is -0.360. The van der Waals surface area contributed by atoms with Crippen LogP contribution in [0.15, 0.2) is 22.7 Å². The van der Waals surface area contributed by atoms with Crippen LogP contribution in [-0.4, -0.2) is 11.1 Å². The molecule has 0 amide bonds. The second kappa shape index (κ2) is 4.93. The summed E-state index contributed by atoms with van der Waals surface area (Å²) in [5, 5.41) is 8.52. The van der Waals surface area contributed by atoms with Gasteiger partial charge in [0, 0.05) is 19.7 Å². The predicted octanol–water partition coefficient (Wildman–Crippen LogP) is 3.46. The summed E-state index contributed by atoms with van der Waals surface area (Å²) in [4.78, 5) is 10.4. The number of carbonyl (C=O) groups is 1. The molecule has 2 nitrogen and oxygen atoms in total. The highest BCUT2D eigenvalue weighted by Crippen LogP contribution is 2.27. The van der Waals surface area contributed by atoms with Crippen molar-refractivity contribution in [2.45, 2.75) is 6.92 Å². The van der Waals surface area contributed by atoms with E-state index in [1.165, 1.54) is 0 Å². The second-order valence-corrected chi connectivity index (χ2v) is 4.72. The number of hydrogen-bond donors (Lipinski definition) is 1. The van der Waals surface area contributed by atoms with Gasteiger partial charge in [-0.3, -0.25) is 0 Å². The van der Waals surface area contributed by atoms with E-state index in [1.54, 1.807) is 6.08 Å². The van der Waals surface area contributed by atoms with Crippen molar-refractivity contribution in [3.63, 3.8) is 0 Å². The van der Waals surface area contributed by atoms with E-state index in [4.69, 9.17) is 5.11 Å². The lowest BCUT2D eigenvalue weighted by molar-refractivity contribution is -0.131. The number of rotatable bonds is 2. The molecule has 1 aromatic rings. The van der Waals surface area contributed by atoms with Crippen LogP contribution < -0.4 is 0 Å². The molecule has 0 saturated heterocycles. The summed E-state index contributed by atoms with van der Waals surface area (Å²) < 4.78 is 1.97. The van der Waals surface area contributed by atoms with Crippen molar-refractivity contribution in [3.05, 3.63) is 37.4 Å². The van der Waals surface area contributed by atoms with Crippen LogP contribution in [0.25, 0.3) is 6.08 Å². The summed E-state index contributed by atoms with van der Waals surface area (Å²) in [6.07, 6.45) is 2.74. The van der Waals surface area contributed by atoms with E-state index in [9.17, 15) is 4.79 Å². The van der Waals surface area contributed by atoms with Gasteiger partial charge >= 0.3 is 5.97 Å². The predicted molar refractivity (Wildman–Crippen MR) is 68.3 cm³/mol. The fourth-order valence-electron chi connectivity index (χ4n) is 0.986. The Bertz CT molecular complexity index is 399. The van der Waals surface area contributed by atoms with Gasteiger partial charge in [-0.25, -0.2) is 4.79 Å². The summed E-state index contributed by atoms with van der Waals surface area (Å²) in [5.41, 5.74) is 2.00. The molecule has 1 N–H and O–H groups in total. The Morgan fingerprint density at radius 3 is 2.79 bits per heavy atom. The minimum Gasteiger partial charge on any atom is -0.478 e.